The summed E-state index contributed by atoms with van der Waals surface area (Å²) in [5.74, 6) is 0. The molecule has 0 heterocycles. The third kappa shape index (κ3) is 2.46. The summed E-state index contributed by atoms with van der Waals surface area (Å²) in [5, 5.41) is 0. The van der Waals surface area contributed by atoms with Gasteiger partial charge in [0, 0.05) is 6.04 Å². The molecule has 0 amide bonds. The molecule has 0 bridgehead atoms. The maximum absolute atomic E-state index is 5.82. The average Bonchev–Trinajstić information content (AvgIpc) is 1.94. The molecule has 66 valence electrons. The number of hydrogen-bond acceptors (Lipinski definition) is 2. The maximum Gasteiger partial charge on any atom is 0.0701 e. The van der Waals surface area contributed by atoms with Crippen molar-refractivity contribution in [1.29, 1.82) is 0 Å². The lowest BCUT2D eigenvalue weighted by Crippen LogP contribution is -2.38. The average molecular weight is 157 g/mol. The molecule has 1 fully saturated rings. The van der Waals surface area contributed by atoms with Crippen LogP contribution in [0.1, 0.15) is 39.5 Å². The second-order valence-electron chi connectivity index (χ2n) is 3.47. The molecule has 11 heavy (non-hydrogen) atoms. The fourth-order valence-electron chi connectivity index (χ4n) is 1.24. The van der Waals surface area contributed by atoms with Gasteiger partial charge >= 0.3 is 0 Å². The first-order valence-corrected chi connectivity index (χ1v) is 4.65. The first-order valence-electron chi connectivity index (χ1n) is 4.65. The molecule has 0 spiro atoms. The van der Waals surface area contributed by atoms with E-state index in [0.717, 1.165) is 6.42 Å². The van der Waals surface area contributed by atoms with Crippen LogP contribution in [0.15, 0.2) is 0 Å². The topological polar surface area (TPSA) is 35.2 Å². The van der Waals surface area contributed by atoms with Crippen molar-refractivity contribution < 1.29 is 4.74 Å². The van der Waals surface area contributed by atoms with E-state index >= 15 is 0 Å². The fraction of sp³-hybridized carbons (Fsp3) is 1.00. The zero-order valence-corrected chi connectivity index (χ0v) is 7.55. The van der Waals surface area contributed by atoms with E-state index in [-0.39, 0.29) is 12.1 Å². The van der Waals surface area contributed by atoms with E-state index in [1.807, 2.05) is 0 Å². The van der Waals surface area contributed by atoms with Crippen molar-refractivity contribution in [2.45, 2.75) is 57.8 Å². The second kappa shape index (κ2) is 4.07. The van der Waals surface area contributed by atoms with E-state index in [0.29, 0.717) is 6.10 Å². The first-order chi connectivity index (χ1) is 5.24. The number of hydrogen-bond donors (Lipinski definition) is 1. The van der Waals surface area contributed by atoms with E-state index in [1.54, 1.807) is 0 Å². The molecule has 0 aromatic carbocycles. The monoisotopic (exact) mass is 157 g/mol. The van der Waals surface area contributed by atoms with Crippen LogP contribution in [0.5, 0.6) is 0 Å². The van der Waals surface area contributed by atoms with Gasteiger partial charge in [0.2, 0.25) is 0 Å². The van der Waals surface area contributed by atoms with Crippen LogP contribution in [0.2, 0.25) is 0 Å². The predicted octanol–water partition coefficient (Wildman–Crippen LogP) is 1.68. The highest BCUT2D eigenvalue weighted by Gasteiger charge is 2.22. The molecule has 0 saturated heterocycles. The third-order valence-electron chi connectivity index (χ3n) is 2.53. The molecule has 2 atom stereocenters. The molecule has 1 saturated carbocycles. The Labute approximate surface area is 69.1 Å². The Hall–Kier alpha value is -0.0800. The Kier molecular flexibility index (Phi) is 3.34. The molecular weight excluding hydrogens is 138 g/mol. The van der Waals surface area contributed by atoms with Crippen molar-refractivity contribution >= 4 is 0 Å². The van der Waals surface area contributed by atoms with Gasteiger partial charge < -0.3 is 10.5 Å². The van der Waals surface area contributed by atoms with Crippen molar-refractivity contribution in [3.63, 3.8) is 0 Å². The van der Waals surface area contributed by atoms with E-state index in [4.69, 9.17) is 10.5 Å². The zero-order chi connectivity index (χ0) is 8.27. The van der Waals surface area contributed by atoms with Gasteiger partial charge in [-0.25, -0.2) is 0 Å². The summed E-state index contributed by atoms with van der Waals surface area (Å²) in [6, 6.07) is 0.218. The summed E-state index contributed by atoms with van der Waals surface area (Å²) in [4.78, 5) is 0. The number of nitrogens with two attached hydrogens (primary N) is 1. The van der Waals surface area contributed by atoms with Crippen LogP contribution in [-0.4, -0.2) is 18.2 Å². The van der Waals surface area contributed by atoms with Gasteiger partial charge in [-0.3, -0.25) is 0 Å². The van der Waals surface area contributed by atoms with Crippen LogP contribution in [0.3, 0.4) is 0 Å². The van der Waals surface area contributed by atoms with Crippen LogP contribution < -0.4 is 5.73 Å². The highest BCUT2D eigenvalue weighted by Crippen LogP contribution is 2.23. The standard InChI is InChI=1S/C9H19NO/c1-3-9(10)7(2)11-8-5-4-6-8/h7-9H,3-6,10H2,1-2H3. The smallest absolute Gasteiger partial charge is 0.0701 e. The van der Waals surface area contributed by atoms with Crippen LogP contribution in [0.4, 0.5) is 0 Å². The van der Waals surface area contributed by atoms with Gasteiger partial charge in [-0.05, 0) is 32.6 Å². The molecule has 0 aliphatic heterocycles. The summed E-state index contributed by atoms with van der Waals surface area (Å²) in [7, 11) is 0. The zero-order valence-electron chi connectivity index (χ0n) is 7.55. The minimum absolute atomic E-state index is 0.218. The predicted molar refractivity (Wildman–Crippen MR) is 46.5 cm³/mol. The first kappa shape index (κ1) is 9.01. The van der Waals surface area contributed by atoms with Crippen LogP contribution >= 0.6 is 0 Å². The molecule has 2 unspecified atom stereocenters. The number of ether oxygens (including phenoxy) is 1. The van der Waals surface area contributed by atoms with Gasteiger partial charge in [-0.1, -0.05) is 6.92 Å². The minimum atomic E-state index is 0.218. The Morgan fingerprint density at radius 1 is 1.55 bits per heavy atom. The summed E-state index contributed by atoms with van der Waals surface area (Å²) in [6.45, 7) is 4.18. The minimum Gasteiger partial charge on any atom is -0.374 e. The van der Waals surface area contributed by atoms with Gasteiger partial charge in [0.15, 0.2) is 0 Å². The van der Waals surface area contributed by atoms with Crippen molar-refractivity contribution in [2.75, 3.05) is 0 Å². The Morgan fingerprint density at radius 3 is 2.55 bits per heavy atom. The quantitative estimate of drug-likeness (QED) is 0.674. The van der Waals surface area contributed by atoms with Crippen LogP contribution in [-0.2, 0) is 4.74 Å². The lowest BCUT2D eigenvalue weighted by Gasteiger charge is -2.31. The summed E-state index contributed by atoms with van der Waals surface area (Å²) >= 11 is 0. The van der Waals surface area contributed by atoms with Gasteiger partial charge in [0.05, 0.1) is 12.2 Å². The molecular formula is C9H19NO. The van der Waals surface area contributed by atoms with Crippen molar-refractivity contribution in [2.24, 2.45) is 5.73 Å². The van der Waals surface area contributed by atoms with E-state index < -0.39 is 0 Å². The molecule has 1 aliphatic carbocycles. The largest absolute Gasteiger partial charge is 0.374 e. The normalized spacial score (nSPS) is 24.3. The lowest BCUT2D eigenvalue weighted by atomic mass is 9.95. The van der Waals surface area contributed by atoms with Gasteiger partial charge in [-0.2, -0.15) is 0 Å². The van der Waals surface area contributed by atoms with Crippen molar-refractivity contribution in [3.05, 3.63) is 0 Å². The van der Waals surface area contributed by atoms with Gasteiger partial charge in [-0.15, -0.1) is 0 Å². The molecule has 0 aromatic heterocycles. The molecule has 2 N–H and O–H groups in total. The Balaban J connectivity index is 2.13. The van der Waals surface area contributed by atoms with Gasteiger partial charge in [0.1, 0.15) is 0 Å². The lowest BCUT2D eigenvalue weighted by molar-refractivity contribution is -0.0530. The van der Waals surface area contributed by atoms with Crippen molar-refractivity contribution in [3.8, 4) is 0 Å². The van der Waals surface area contributed by atoms with E-state index in [9.17, 15) is 0 Å². The molecule has 0 radical (unpaired) electrons. The molecule has 1 rings (SSSR count). The second-order valence-corrected chi connectivity index (χ2v) is 3.47. The van der Waals surface area contributed by atoms with Crippen LogP contribution in [0.25, 0.3) is 0 Å². The highest BCUT2D eigenvalue weighted by atomic mass is 16.5. The third-order valence-corrected chi connectivity index (χ3v) is 2.53. The van der Waals surface area contributed by atoms with Crippen LogP contribution in [0, 0.1) is 0 Å². The summed E-state index contributed by atoms with van der Waals surface area (Å²) in [5.41, 5.74) is 5.82. The SMILES string of the molecule is CCC(N)C(C)OC1CCC1. The Morgan fingerprint density at radius 2 is 2.18 bits per heavy atom. The van der Waals surface area contributed by atoms with Gasteiger partial charge in [0.25, 0.3) is 0 Å². The Bertz CT molecular complexity index is 112. The summed E-state index contributed by atoms with van der Waals surface area (Å²) < 4.78 is 5.71. The van der Waals surface area contributed by atoms with E-state index in [1.165, 1.54) is 19.3 Å². The molecule has 2 nitrogen and oxygen atoms in total. The molecule has 2 heteroatoms. The van der Waals surface area contributed by atoms with Crippen molar-refractivity contribution in [1.82, 2.24) is 0 Å². The molecule has 1 aliphatic rings. The fourth-order valence-corrected chi connectivity index (χ4v) is 1.24. The van der Waals surface area contributed by atoms with E-state index in [2.05, 4.69) is 13.8 Å². The highest BCUT2D eigenvalue weighted by molar-refractivity contribution is 4.74. The number of rotatable bonds is 4. The maximum atomic E-state index is 5.82. The summed E-state index contributed by atoms with van der Waals surface area (Å²) in [6.07, 6.45) is 5.57. The molecule has 0 aromatic rings.